The van der Waals surface area contributed by atoms with Crippen molar-refractivity contribution in [3.8, 4) is 50.7 Å². The van der Waals surface area contributed by atoms with Crippen molar-refractivity contribution >= 4 is 44.6 Å². The summed E-state index contributed by atoms with van der Waals surface area (Å²) in [6, 6.07) is 88.8. The molecule has 0 bridgehead atoms. The Morgan fingerprint density at radius 2 is 1.14 bits per heavy atom. The summed E-state index contributed by atoms with van der Waals surface area (Å²) in [6.07, 6.45) is 1.87. The number of halogens is 1. The molecule has 1 aliphatic heterocycles. The van der Waals surface area contributed by atoms with Gasteiger partial charge in [-0.25, -0.2) is 9.37 Å². The van der Waals surface area contributed by atoms with Gasteiger partial charge >= 0.3 is 0 Å². The van der Waals surface area contributed by atoms with Crippen LogP contribution in [0.2, 0.25) is 0 Å². The Kier molecular flexibility index (Phi) is 12.1. The number of aromatic nitrogens is 2. The summed E-state index contributed by atoms with van der Waals surface area (Å²) >= 11 is 0. The van der Waals surface area contributed by atoms with Crippen molar-refractivity contribution in [1.29, 1.82) is 0 Å². The topological polar surface area (TPSA) is 33.5 Å². The summed E-state index contributed by atoms with van der Waals surface area (Å²) in [5.74, 6) is 1.51. The molecule has 14 rings (SSSR count). The Balaban J connectivity index is 0.00000579. The first-order valence-corrected chi connectivity index (χ1v) is 26.1. The number of fused-ring (bicyclic) bond motifs is 7. The van der Waals surface area contributed by atoms with Crippen LogP contribution in [0, 0.1) is 24.6 Å². The number of anilines is 4. The van der Waals surface area contributed by atoms with E-state index >= 15 is 4.39 Å². The van der Waals surface area contributed by atoms with Gasteiger partial charge in [-0.15, -0.1) is 48.1 Å². The maximum atomic E-state index is 15.6. The van der Waals surface area contributed by atoms with Crippen molar-refractivity contribution < 1.29 is 30.2 Å². The third-order valence-corrected chi connectivity index (χ3v) is 15.4. The van der Waals surface area contributed by atoms with Gasteiger partial charge in [-0.1, -0.05) is 178 Å². The van der Waals surface area contributed by atoms with Crippen molar-refractivity contribution in [2.75, 3.05) is 9.80 Å². The number of para-hydroxylation sites is 3. The van der Waals surface area contributed by atoms with E-state index in [0.29, 0.717) is 17.3 Å². The molecular formula is C71H50FN4OPt-3. The Morgan fingerprint density at radius 3 is 1.87 bits per heavy atom. The van der Waals surface area contributed by atoms with Gasteiger partial charge in [-0.2, -0.15) is 12.1 Å². The van der Waals surface area contributed by atoms with Crippen LogP contribution in [0.5, 0.6) is 11.5 Å². The van der Waals surface area contributed by atoms with E-state index in [4.69, 9.17) is 9.72 Å². The second-order valence-corrected chi connectivity index (χ2v) is 20.9. The van der Waals surface area contributed by atoms with Crippen LogP contribution < -0.4 is 14.5 Å². The van der Waals surface area contributed by atoms with Gasteiger partial charge in [0.2, 0.25) is 0 Å². The van der Waals surface area contributed by atoms with Crippen LogP contribution in [0.15, 0.2) is 243 Å². The molecule has 10 aromatic carbocycles. The zero-order valence-corrected chi connectivity index (χ0v) is 45.3. The molecule has 0 N–H and O–H groups in total. The zero-order chi connectivity index (χ0) is 51.8. The first-order valence-electron chi connectivity index (χ1n) is 26.1. The third-order valence-electron chi connectivity index (χ3n) is 15.4. The second kappa shape index (κ2) is 19.3. The maximum absolute atomic E-state index is 15.6. The van der Waals surface area contributed by atoms with E-state index in [-0.39, 0.29) is 32.3 Å². The van der Waals surface area contributed by atoms with E-state index in [1.165, 1.54) is 5.56 Å². The van der Waals surface area contributed by atoms with Gasteiger partial charge in [0.05, 0.1) is 5.41 Å². The molecular weight excluding hydrogens is 1140 g/mol. The minimum atomic E-state index is -0.819. The van der Waals surface area contributed by atoms with E-state index in [9.17, 15) is 0 Å². The van der Waals surface area contributed by atoms with Crippen LogP contribution in [-0.4, -0.2) is 9.55 Å². The van der Waals surface area contributed by atoms with Crippen molar-refractivity contribution in [1.82, 2.24) is 9.55 Å². The van der Waals surface area contributed by atoms with E-state index in [2.05, 4.69) is 248 Å². The molecule has 12 aromatic rings. The van der Waals surface area contributed by atoms with Gasteiger partial charge in [0.25, 0.3) is 0 Å². The largest absolute Gasteiger partial charge is 0.509 e. The molecule has 5 nitrogen and oxygen atoms in total. The molecule has 2 aromatic heterocycles. The summed E-state index contributed by atoms with van der Waals surface area (Å²) in [6.45, 7) is 9.02. The molecule has 0 amide bonds. The van der Waals surface area contributed by atoms with Crippen molar-refractivity contribution in [3.63, 3.8) is 0 Å². The zero-order valence-electron chi connectivity index (χ0n) is 43.1. The monoisotopic (exact) mass is 1190 g/mol. The van der Waals surface area contributed by atoms with Gasteiger partial charge in [-0.05, 0) is 115 Å². The van der Waals surface area contributed by atoms with Gasteiger partial charge in [-0.3, -0.25) is 0 Å². The quantitative estimate of drug-likeness (QED) is 0.135. The van der Waals surface area contributed by atoms with Crippen LogP contribution in [0.25, 0.3) is 61.0 Å². The first kappa shape index (κ1) is 48.8. The van der Waals surface area contributed by atoms with Gasteiger partial charge in [0, 0.05) is 72.5 Å². The Hall–Kier alpha value is -8.83. The van der Waals surface area contributed by atoms with Crippen LogP contribution in [0.3, 0.4) is 0 Å². The van der Waals surface area contributed by atoms with Crippen LogP contribution in [0.4, 0.5) is 27.1 Å². The molecule has 78 heavy (non-hydrogen) atoms. The number of hydrogen-bond donors (Lipinski definition) is 0. The van der Waals surface area contributed by atoms with Crippen LogP contribution in [0.1, 0.15) is 48.6 Å². The van der Waals surface area contributed by atoms with Crippen molar-refractivity contribution in [2.45, 2.75) is 31.6 Å². The molecule has 380 valence electrons. The predicted octanol–water partition coefficient (Wildman–Crippen LogP) is 18.1. The summed E-state index contributed by atoms with van der Waals surface area (Å²) in [5.41, 5.74) is 16.8. The number of benzene rings is 10. The number of rotatable bonds is 9. The van der Waals surface area contributed by atoms with Gasteiger partial charge in [0.15, 0.2) is 0 Å². The average Bonchev–Trinajstić information content (AvgIpc) is 4.14. The number of pyridine rings is 1. The van der Waals surface area contributed by atoms with Gasteiger partial charge in [0.1, 0.15) is 11.6 Å². The molecule has 0 saturated carbocycles. The summed E-state index contributed by atoms with van der Waals surface area (Å²) in [5, 5.41) is 2.08. The predicted molar refractivity (Wildman–Crippen MR) is 311 cm³/mol. The van der Waals surface area contributed by atoms with E-state index < -0.39 is 5.41 Å². The normalized spacial score (nSPS) is 14.5. The fraction of sp³-hybridized carbons (Fsp3) is 0.0704. The molecule has 1 atom stereocenters. The maximum Gasteiger partial charge on any atom is 0.135 e. The molecule has 0 fully saturated rings. The number of ether oxygens (including phenoxy) is 1. The minimum Gasteiger partial charge on any atom is -0.509 e. The van der Waals surface area contributed by atoms with Crippen molar-refractivity contribution in [3.05, 3.63) is 295 Å². The minimum absolute atomic E-state index is 0. The summed E-state index contributed by atoms with van der Waals surface area (Å²) in [4.78, 5) is 9.63. The van der Waals surface area contributed by atoms with Crippen LogP contribution >= 0.6 is 0 Å². The Labute approximate surface area is 468 Å². The smallest absolute Gasteiger partial charge is 0.135 e. The number of hydrogen-bond acceptors (Lipinski definition) is 4. The van der Waals surface area contributed by atoms with E-state index in [0.717, 1.165) is 100 Å². The fourth-order valence-electron chi connectivity index (χ4n) is 11.9. The number of nitrogens with zero attached hydrogens (tertiary/aromatic N) is 4. The molecule has 1 unspecified atom stereocenters. The molecule has 0 spiro atoms. The third kappa shape index (κ3) is 7.96. The van der Waals surface area contributed by atoms with E-state index in [1.54, 1.807) is 12.1 Å². The van der Waals surface area contributed by atoms with Gasteiger partial charge < -0.3 is 19.1 Å². The summed E-state index contributed by atoms with van der Waals surface area (Å²) in [7, 11) is 0. The molecule has 3 heterocycles. The second-order valence-electron chi connectivity index (χ2n) is 20.9. The van der Waals surface area contributed by atoms with Crippen LogP contribution in [-0.2, 0) is 31.9 Å². The molecule has 1 aliphatic carbocycles. The Morgan fingerprint density at radius 1 is 0.513 bits per heavy atom. The van der Waals surface area contributed by atoms with E-state index in [1.807, 2.05) is 36.5 Å². The molecule has 0 radical (unpaired) electrons. The first-order chi connectivity index (χ1) is 37.7. The van der Waals surface area contributed by atoms with Crippen molar-refractivity contribution in [2.24, 2.45) is 0 Å². The fourth-order valence-corrected chi connectivity index (χ4v) is 11.9. The standard InChI is InChI=1S/C71H50FN4O.Pt/c1-70(2,3)51-40-60(47-20-7-4-8-21-47)69(61(41-51)48-22-9-5-10-23-48)75-46-74(65-32-17-18-33-66(65)75)53-26-19-27-54(44-53)77-55-35-37-59-58-29-14-16-31-64(58)76(67(59)45-55)68-42-50(38-39-73-68)71(49-24-11-6-12-25-49)62-30-15-13-28-56(62)57-36-34-52(72)43-63(57)71;/h4-43,46H,1-3H3;/q-3;. The molecule has 0 saturated heterocycles. The average molecular weight is 1190 g/mol. The molecule has 7 heteroatoms. The Bertz CT molecular complexity index is 4190. The molecule has 2 aliphatic rings. The SMILES string of the molecule is CC(C)(C)c1cc(-c2ccccc2)c(N2[CH-]N(c3[c-]c(Oc4[c-]c5c(cc4)c4ccccc4n5-c4cc(C5(c6ccccc6)c6ccccc6-c6ccc(F)cc65)ccn4)ccc3)c3ccccc32)c(-c2ccccc2)c1.[Pt]. The summed E-state index contributed by atoms with van der Waals surface area (Å²) < 4.78 is 24.6.